The van der Waals surface area contributed by atoms with E-state index in [0.29, 0.717) is 5.96 Å². The van der Waals surface area contributed by atoms with E-state index in [2.05, 4.69) is 36.3 Å². The van der Waals surface area contributed by atoms with Crippen molar-refractivity contribution in [2.24, 2.45) is 10.7 Å². The van der Waals surface area contributed by atoms with Gasteiger partial charge in [-0.05, 0) is 31.4 Å². The van der Waals surface area contributed by atoms with Crippen LogP contribution in [0.5, 0.6) is 5.75 Å². The smallest absolute Gasteiger partial charge is 0.188 e. The fourth-order valence-corrected chi connectivity index (χ4v) is 1.84. The van der Waals surface area contributed by atoms with E-state index in [0.717, 1.165) is 38.1 Å². The topological polar surface area (TPSA) is 59.6 Å². The third-order valence-electron chi connectivity index (χ3n) is 2.93. The fourth-order valence-electron chi connectivity index (χ4n) is 1.84. The second-order valence-corrected chi connectivity index (χ2v) is 4.61. The van der Waals surface area contributed by atoms with Gasteiger partial charge in [-0.3, -0.25) is 4.99 Å². The van der Waals surface area contributed by atoms with Crippen LogP contribution >= 0.6 is 24.0 Å². The number of ether oxygens (including phenoxy) is 1. The molecule has 1 rings (SSSR count). The van der Waals surface area contributed by atoms with Crippen molar-refractivity contribution >= 4 is 29.9 Å². The Labute approximate surface area is 139 Å². The van der Waals surface area contributed by atoms with E-state index >= 15 is 0 Å². The van der Waals surface area contributed by atoms with Crippen LogP contribution in [0.1, 0.15) is 30.9 Å². The van der Waals surface area contributed by atoms with Gasteiger partial charge < -0.3 is 15.8 Å². The number of nitrogens with zero attached hydrogens (tertiary/aromatic N) is 1. The highest BCUT2D eigenvalue weighted by Crippen LogP contribution is 2.19. The molecule has 20 heavy (non-hydrogen) atoms. The van der Waals surface area contributed by atoms with Crippen molar-refractivity contribution in [3.05, 3.63) is 29.3 Å². The molecule has 0 fully saturated rings. The lowest BCUT2D eigenvalue weighted by atomic mass is 10.1. The lowest BCUT2D eigenvalue weighted by Crippen LogP contribution is -2.33. The van der Waals surface area contributed by atoms with Crippen molar-refractivity contribution in [3.8, 4) is 5.75 Å². The number of aliphatic imine (C=N–C) groups is 1. The van der Waals surface area contributed by atoms with Crippen molar-refractivity contribution in [1.29, 1.82) is 0 Å². The SMILES string of the molecule is CCCCN=C(N)NCCc1cc(C)ccc1OC.I. The Bertz CT molecular complexity index is 422. The summed E-state index contributed by atoms with van der Waals surface area (Å²) in [6.07, 6.45) is 3.08. The third kappa shape index (κ3) is 6.98. The highest BCUT2D eigenvalue weighted by molar-refractivity contribution is 14.0. The van der Waals surface area contributed by atoms with E-state index in [1.807, 2.05) is 6.07 Å². The van der Waals surface area contributed by atoms with Gasteiger partial charge in [0.05, 0.1) is 7.11 Å². The van der Waals surface area contributed by atoms with Crippen LogP contribution in [0.15, 0.2) is 23.2 Å². The van der Waals surface area contributed by atoms with Gasteiger partial charge in [0.2, 0.25) is 0 Å². The Balaban J connectivity index is 0.00000361. The van der Waals surface area contributed by atoms with Gasteiger partial charge >= 0.3 is 0 Å². The maximum atomic E-state index is 5.79. The minimum absolute atomic E-state index is 0. The number of unbranched alkanes of at least 4 members (excludes halogenated alkanes) is 1. The van der Waals surface area contributed by atoms with Gasteiger partial charge in [-0.25, -0.2) is 0 Å². The molecule has 0 amide bonds. The Morgan fingerprint density at radius 1 is 1.40 bits per heavy atom. The highest BCUT2D eigenvalue weighted by Gasteiger charge is 2.03. The molecule has 0 radical (unpaired) electrons. The molecule has 0 aliphatic rings. The normalized spacial score (nSPS) is 10.8. The Kier molecular flexibility index (Phi) is 10.2. The predicted molar refractivity (Wildman–Crippen MR) is 96.3 cm³/mol. The second kappa shape index (κ2) is 10.8. The van der Waals surface area contributed by atoms with Crippen LogP contribution in [-0.4, -0.2) is 26.2 Å². The summed E-state index contributed by atoms with van der Waals surface area (Å²) < 4.78 is 5.35. The zero-order valence-electron chi connectivity index (χ0n) is 12.6. The van der Waals surface area contributed by atoms with Crippen LogP contribution in [0.4, 0.5) is 0 Å². The van der Waals surface area contributed by atoms with Crippen molar-refractivity contribution in [2.45, 2.75) is 33.1 Å². The first kappa shape index (κ1) is 19.0. The Hall–Kier alpha value is -0.980. The Morgan fingerprint density at radius 3 is 2.80 bits per heavy atom. The number of rotatable bonds is 7. The van der Waals surface area contributed by atoms with E-state index in [-0.39, 0.29) is 24.0 Å². The number of hydrogen-bond acceptors (Lipinski definition) is 2. The molecule has 0 saturated heterocycles. The zero-order chi connectivity index (χ0) is 14.1. The van der Waals surface area contributed by atoms with Gasteiger partial charge in [0.15, 0.2) is 5.96 Å². The average molecular weight is 391 g/mol. The molecule has 5 heteroatoms. The number of hydrogen-bond donors (Lipinski definition) is 2. The predicted octanol–water partition coefficient (Wildman–Crippen LogP) is 2.87. The van der Waals surface area contributed by atoms with Crippen LogP contribution < -0.4 is 15.8 Å². The number of nitrogens with two attached hydrogens (primary N) is 1. The van der Waals surface area contributed by atoms with Crippen LogP contribution in [-0.2, 0) is 6.42 Å². The van der Waals surface area contributed by atoms with Crippen LogP contribution in [0.2, 0.25) is 0 Å². The molecule has 0 atom stereocenters. The summed E-state index contributed by atoms with van der Waals surface area (Å²) in [4.78, 5) is 4.26. The summed E-state index contributed by atoms with van der Waals surface area (Å²) in [6.45, 7) is 5.78. The first-order valence-electron chi connectivity index (χ1n) is 6.84. The molecule has 1 aromatic rings. The van der Waals surface area contributed by atoms with Crippen molar-refractivity contribution in [3.63, 3.8) is 0 Å². The largest absolute Gasteiger partial charge is 0.496 e. The van der Waals surface area contributed by atoms with Gasteiger partial charge in [-0.15, -0.1) is 24.0 Å². The van der Waals surface area contributed by atoms with Gasteiger partial charge in [0.25, 0.3) is 0 Å². The number of benzene rings is 1. The van der Waals surface area contributed by atoms with E-state index < -0.39 is 0 Å². The minimum Gasteiger partial charge on any atom is -0.496 e. The highest BCUT2D eigenvalue weighted by atomic mass is 127. The molecule has 114 valence electrons. The molecular weight excluding hydrogens is 365 g/mol. The van der Waals surface area contributed by atoms with Crippen LogP contribution in [0, 0.1) is 6.92 Å². The van der Waals surface area contributed by atoms with E-state index in [1.165, 1.54) is 11.1 Å². The lowest BCUT2D eigenvalue weighted by Gasteiger charge is -2.10. The second-order valence-electron chi connectivity index (χ2n) is 4.61. The molecular formula is C15H26IN3O. The first-order valence-corrected chi connectivity index (χ1v) is 6.84. The first-order chi connectivity index (χ1) is 9.17. The molecule has 4 nitrogen and oxygen atoms in total. The molecule has 0 bridgehead atoms. The summed E-state index contributed by atoms with van der Waals surface area (Å²) >= 11 is 0. The minimum atomic E-state index is 0. The Morgan fingerprint density at radius 2 is 2.15 bits per heavy atom. The van der Waals surface area contributed by atoms with E-state index in [9.17, 15) is 0 Å². The summed E-state index contributed by atoms with van der Waals surface area (Å²) in [7, 11) is 1.70. The molecule has 1 aromatic carbocycles. The maximum Gasteiger partial charge on any atom is 0.188 e. The fraction of sp³-hybridized carbons (Fsp3) is 0.533. The molecule has 0 heterocycles. The number of methoxy groups -OCH3 is 1. The maximum absolute atomic E-state index is 5.79. The number of halogens is 1. The number of nitrogens with one attached hydrogen (secondary N) is 1. The van der Waals surface area contributed by atoms with Crippen molar-refractivity contribution in [1.82, 2.24) is 5.32 Å². The molecule has 0 saturated carbocycles. The van der Waals surface area contributed by atoms with Crippen molar-refractivity contribution in [2.75, 3.05) is 20.2 Å². The molecule has 0 aliphatic carbocycles. The summed E-state index contributed by atoms with van der Waals surface area (Å²) in [5.74, 6) is 1.45. The zero-order valence-corrected chi connectivity index (χ0v) is 14.9. The number of guanidine groups is 1. The molecule has 0 aromatic heterocycles. The van der Waals surface area contributed by atoms with Crippen LogP contribution in [0.25, 0.3) is 0 Å². The molecule has 0 spiro atoms. The van der Waals surface area contributed by atoms with Gasteiger partial charge in [0.1, 0.15) is 5.75 Å². The van der Waals surface area contributed by atoms with E-state index in [1.54, 1.807) is 7.11 Å². The number of aryl methyl sites for hydroxylation is 1. The summed E-state index contributed by atoms with van der Waals surface area (Å²) in [5, 5.41) is 3.13. The van der Waals surface area contributed by atoms with Gasteiger partial charge in [-0.2, -0.15) is 0 Å². The van der Waals surface area contributed by atoms with E-state index in [4.69, 9.17) is 10.5 Å². The monoisotopic (exact) mass is 391 g/mol. The summed E-state index contributed by atoms with van der Waals surface area (Å²) in [5.41, 5.74) is 8.21. The lowest BCUT2D eigenvalue weighted by molar-refractivity contribution is 0.409. The average Bonchev–Trinajstić information content (AvgIpc) is 2.39. The van der Waals surface area contributed by atoms with Gasteiger partial charge in [-0.1, -0.05) is 31.0 Å². The molecule has 0 aliphatic heterocycles. The molecule has 0 unspecified atom stereocenters. The van der Waals surface area contributed by atoms with Crippen molar-refractivity contribution < 1.29 is 4.74 Å². The van der Waals surface area contributed by atoms with Crippen LogP contribution in [0.3, 0.4) is 0 Å². The third-order valence-corrected chi connectivity index (χ3v) is 2.93. The quantitative estimate of drug-likeness (QED) is 0.325. The van der Waals surface area contributed by atoms with Gasteiger partial charge in [0, 0.05) is 13.1 Å². The standard InChI is InChI=1S/C15H25N3O.HI/c1-4-5-9-17-15(16)18-10-8-13-11-12(2)6-7-14(13)19-3;/h6-7,11H,4-5,8-10H2,1-3H3,(H3,16,17,18);1H. The molecule has 3 N–H and O–H groups in total. The summed E-state index contributed by atoms with van der Waals surface area (Å²) in [6, 6.07) is 6.20.